The number of halogens is 1. The molecule has 1 heterocycles. The first-order valence-electron chi connectivity index (χ1n) is 6.15. The Labute approximate surface area is 113 Å². The quantitative estimate of drug-likeness (QED) is 0.761. The summed E-state index contributed by atoms with van der Waals surface area (Å²) in [5.74, 6) is 0. The van der Waals surface area contributed by atoms with E-state index in [1.165, 1.54) is 5.56 Å². The number of hydrogen-bond donors (Lipinski definition) is 0. The molecule has 0 aliphatic carbocycles. The number of pyridine rings is 1. The lowest BCUT2D eigenvalue weighted by atomic mass is 10.2. The van der Waals surface area contributed by atoms with Gasteiger partial charge in [0.15, 0.2) is 0 Å². The molecule has 0 spiro atoms. The normalized spacial score (nSPS) is 10.8. The SMILES string of the molecule is CCN(Cc1ccccc1)Cc1cccc(Cl)n1. The lowest BCUT2D eigenvalue weighted by molar-refractivity contribution is 0.268. The topological polar surface area (TPSA) is 16.1 Å². The van der Waals surface area contributed by atoms with E-state index in [2.05, 4.69) is 41.1 Å². The zero-order chi connectivity index (χ0) is 12.8. The number of nitrogens with zero attached hydrogens (tertiary/aromatic N) is 2. The fourth-order valence-corrected chi connectivity index (χ4v) is 2.07. The lowest BCUT2D eigenvalue weighted by Gasteiger charge is -2.20. The monoisotopic (exact) mass is 260 g/mol. The van der Waals surface area contributed by atoms with Crippen LogP contribution in [0.2, 0.25) is 5.15 Å². The predicted octanol–water partition coefficient (Wildman–Crippen LogP) is 3.76. The molecule has 0 atom stereocenters. The summed E-state index contributed by atoms with van der Waals surface area (Å²) in [5, 5.41) is 0.559. The van der Waals surface area contributed by atoms with Crippen LogP contribution in [-0.2, 0) is 13.1 Å². The Bertz CT molecular complexity index is 485. The van der Waals surface area contributed by atoms with Gasteiger partial charge in [-0.15, -0.1) is 0 Å². The zero-order valence-electron chi connectivity index (χ0n) is 10.5. The summed E-state index contributed by atoms with van der Waals surface area (Å²) in [7, 11) is 0. The maximum Gasteiger partial charge on any atom is 0.129 e. The number of benzene rings is 1. The molecule has 0 aliphatic rings. The average molecular weight is 261 g/mol. The smallest absolute Gasteiger partial charge is 0.129 e. The highest BCUT2D eigenvalue weighted by molar-refractivity contribution is 6.29. The van der Waals surface area contributed by atoms with Crippen LogP contribution >= 0.6 is 11.6 Å². The van der Waals surface area contributed by atoms with E-state index >= 15 is 0 Å². The van der Waals surface area contributed by atoms with Crippen molar-refractivity contribution in [2.75, 3.05) is 6.54 Å². The Hall–Kier alpha value is -1.38. The molecule has 0 unspecified atom stereocenters. The Morgan fingerprint density at radius 3 is 2.44 bits per heavy atom. The van der Waals surface area contributed by atoms with Gasteiger partial charge in [-0.2, -0.15) is 0 Å². The minimum atomic E-state index is 0.559. The van der Waals surface area contributed by atoms with Crippen molar-refractivity contribution in [2.24, 2.45) is 0 Å². The Kier molecular flexibility index (Phi) is 4.73. The van der Waals surface area contributed by atoms with Gasteiger partial charge < -0.3 is 0 Å². The van der Waals surface area contributed by atoms with E-state index in [1.807, 2.05) is 18.2 Å². The molecule has 1 aromatic heterocycles. The fraction of sp³-hybridized carbons (Fsp3) is 0.267. The van der Waals surface area contributed by atoms with Gasteiger partial charge in [0.1, 0.15) is 5.15 Å². The molecule has 2 aromatic rings. The molecule has 3 heteroatoms. The van der Waals surface area contributed by atoms with Gasteiger partial charge >= 0.3 is 0 Å². The van der Waals surface area contributed by atoms with E-state index in [0.717, 1.165) is 25.3 Å². The van der Waals surface area contributed by atoms with Crippen molar-refractivity contribution in [2.45, 2.75) is 20.0 Å². The van der Waals surface area contributed by atoms with Crippen LogP contribution in [-0.4, -0.2) is 16.4 Å². The second-order valence-corrected chi connectivity index (χ2v) is 4.63. The third kappa shape index (κ3) is 3.83. The van der Waals surface area contributed by atoms with Gasteiger partial charge in [-0.1, -0.05) is 54.9 Å². The summed E-state index contributed by atoms with van der Waals surface area (Å²) in [5.41, 5.74) is 2.33. The van der Waals surface area contributed by atoms with E-state index in [-0.39, 0.29) is 0 Å². The average Bonchev–Trinajstić information content (AvgIpc) is 2.39. The van der Waals surface area contributed by atoms with E-state index in [4.69, 9.17) is 11.6 Å². The van der Waals surface area contributed by atoms with Crippen LogP contribution in [0.4, 0.5) is 0 Å². The molecule has 0 N–H and O–H groups in total. The van der Waals surface area contributed by atoms with Gasteiger partial charge in [0, 0.05) is 13.1 Å². The predicted molar refractivity (Wildman–Crippen MR) is 75.5 cm³/mol. The van der Waals surface area contributed by atoms with Crippen LogP contribution in [0.3, 0.4) is 0 Å². The highest BCUT2D eigenvalue weighted by Crippen LogP contribution is 2.10. The van der Waals surface area contributed by atoms with Gasteiger partial charge in [0.2, 0.25) is 0 Å². The summed E-state index contributed by atoms with van der Waals surface area (Å²) in [6.07, 6.45) is 0. The molecule has 1 aromatic carbocycles. The molecule has 0 saturated carbocycles. The summed E-state index contributed by atoms with van der Waals surface area (Å²) in [6.45, 7) is 4.91. The van der Waals surface area contributed by atoms with Crippen molar-refractivity contribution in [3.05, 3.63) is 64.9 Å². The van der Waals surface area contributed by atoms with Crippen LogP contribution in [0.25, 0.3) is 0 Å². The van der Waals surface area contributed by atoms with Crippen LogP contribution in [0.15, 0.2) is 48.5 Å². The standard InChI is InChI=1S/C15H17ClN2/c1-2-18(11-13-7-4-3-5-8-13)12-14-9-6-10-15(16)17-14/h3-10H,2,11-12H2,1H3. The molecular weight excluding hydrogens is 244 g/mol. The minimum absolute atomic E-state index is 0.559. The molecule has 94 valence electrons. The highest BCUT2D eigenvalue weighted by Gasteiger charge is 2.05. The van der Waals surface area contributed by atoms with E-state index in [1.54, 1.807) is 6.07 Å². The van der Waals surface area contributed by atoms with E-state index < -0.39 is 0 Å². The fourth-order valence-electron chi connectivity index (χ4n) is 1.89. The summed E-state index contributed by atoms with van der Waals surface area (Å²) < 4.78 is 0. The largest absolute Gasteiger partial charge is 0.294 e. The number of rotatable bonds is 5. The van der Waals surface area contributed by atoms with Crippen LogP contribution in [0.1, 0.15) is 18.2 Å². The van der Waals surface area contributed by atoms with E-state index in [9.17, 15) is 0 Å². The molecule has 0 bridgehead atoms. The molecule has 18 heavy (non-hydrogen) atoms. The van der Waals surface area contributed by atoms with Gasteiger partial charge in [-0.3, -0.25) is 4.90 Å². The number of aromatic nitrogens is 1. The van der Waals surface area contributed by atoms with Crippen molar-refractivity contribution in [1.29, 1.82) is 0 Å². The van der Waals surface area contributed by atoms with Crippen molar-refractivity contribution in [3.63, 3.8) is 0 Å². The Morgan fingerprint density at radius 2 is 1.78 bits per heavy atom. The first kappa shape index (κ1) is 13.1. The van der Waals surface area contributed by atoms with Crippen LogP contribution < -0.4 is 0 Å². The molecule has 0 fully saturated rings. The molecule has 0 radical (unpaired) electrons. The van der Waals surface area contributed by atoms with E-state index in [0.29, 0.717) is 5.15 Å². The first-order valence-corrected chi connectivity index (χ1v) is 6.53. The lowest BCUT2D eigenvalue weighted by Crippen LogP contribution is -2.22. The Morgan fingerprint density at radius 1 is 1.00 bits per heavy atom. The Balaban J connectivity index is 2.01. The molecule has 0 saturated heterocycles. The van der Waals surface area contributed by atoms with Gasteiger partial charge in [-0.25, -0.2) is 4.98 Å². The van der Waals surface area contributed by atoms with Gasteiger partial charge in [-0.05, 0) is 24.2 Å². The summed E-state index contributed by atoms with van der Waals surface area (Å²) >= 11 is 5.90. The van der Waals surface area contributed by atoms with Crippen molar-refractivity contribution < 1.29 is 0 Å². The second kappa shape index (κ2) is 6.53. The highest BCUT2D eigenvalue weighted by atomic mass is 35.5. The molecule has 2 nitrogen and oxygen atoms in total. The van der Waals surface area contributed by atoms with Gasteiger partial charge in [0.05, 0.1) is 5.69 Å². The van der Waals surface area contributed by atoms with Crippen LogP contribution in [0, 0.1) is 0 Å². The van der Waals surface area contributed by atoms with Crippen molar-refractivity contribution >= 4 is 11.6 Å². The molecule has 2 rings (SSSR count). The maximum atomic E-state index is 5.90. The minimum Gasteiger partial charge on any atom is -0.294 e. The third-order valence-corrected chi connectivity index (χ3v) is 3.07. The maximum absolute atomic E-state index is 5.90. The zero-order valence-corrected chi connectivity index (χ0v) is 11.3. The summed E-state index contributed by atoms with van der Waals surface area (Å²) in [6, 6.07) is 16.2. The molecule has 0 aliphatic heterocycles. The number of hydrogen-bond acceptors (Lipinski definition) is 2. The van der Waals surface area contributed by atoms with Gasteiger partial charge in [0.25, 0.3) is 0 Å². The second-order valence-electron chi connectivity index (χ2n) is 4.24. The first-order chi connectivity index (χ1) is 8.78. The van der Waals surface area contributed by atoms with Crippen molar-refractivity contribution in [3.8, 4) is 0 Å². The molecule has 0 amide bonds. The summed E-state index contributed by atoms with van der Waals surface area (Å²) in [4.78, 5) is 6.67. The molecular formula is C15H17ClN2. The third-order valence-electron chi connectivity index (χ3n) is 2.85. The van der Waals surface area contributed by atoms with Crippen molar-refractivity contribution in [1.82, 2.24) is 9.88 Å². The van der Waals surface area contributed by atoms with Crippen LogP contribution in [0.5, 0.6) is 0 Å².